The minimum atomic E-state index is -0.349. The second-order valence-corrected chi connectivity index (χ2v) is 8.46. The van der Waals surface area contributed by atoms with Crippen LogP contribution in [0.4, 0.5) is 0 Å². The van der Waals surface area contributed by atoms with Gasteiger partial charge in [0.1, 0.15) is 18.1 Å². The molecular weight excluding hydrogens is 384 g/mol. The molecule has 0 saturated carbocycles. The van der Waals surface area contributed by atoms with Crippen LogP contribution in [0.5, 0.6) is 11.5 Å². The molecule has 3 rings (SSSR count). The largest absolute Gasteiger partial charge is 0.491 e. The molecule has 0 heterocycles. The van der Waals surface area contributed by atoms with Gasteiger partial charge in [-0.25, -0.2) is 0 Å². The summed E-state index contributed by atoms with van der Waals surface area (Å²) < 4.78 is 17.6. The van der Waals surface area contributed by atoms with Crippen molar-refractivity contribution in [3.63, 3.8) is 0 Å². The fourth-order valence-electron chi connectivity index (χ4n) is 3.82. The molecule has 3 aromatic rings. The van der Waals surface area contributed by atoms with Gasteiger partial charge in [-0.3, -0.25) is 0 Å². The number of hydrogen-bond acceptors (Lipinski definition) is 3. The standard InChI is InChI=1S/C28H34O3/c1-20(2)19-27(21(3)4)24-13-15-25(16-14-24)31-22(5)29-17-18-30-28-12-8-10-23-9-6-7-11-26(23)28/h6-16,21-22,27H,1,17-19H2,2-5H3. The van der Waals surface area contributed by atoms with Gasteiger partial charge in [0.05, 0.1) is 6.61 Å². The van der Waals surface area contributed by atoms with Crippen molar-refractivity contribution in [1.29, 1.82) is 0 Å². The molecule has 0 spiro atoms. The van der Waals surface area contributed by atoms with Crippen molar-refractivity contribution in [2.24, 2.45) is 5.92 Å². The zero-order valence-electron chi connectivity index (χ0n) is 19.1. The summed E-state index contributed by atoms with van der Waals surface area (Å²) in [6, 6.07) is 22.6. The topological polar surface area (TPSA) is 27.7 Å². The third-order valence-electron chi connectivity index (χ3n) is 5.43. The van der Waals surface area contributed by atoms with Crippen LogP contribution in [-0.2, 0) is 4.74 Å². The highest BCUT2D eigenvalue weighted by Gasteiger charge is 2.16. The van der Waals surface area contributed by atoms with Gasteiger partial charge in [0.2, 0.25) is 0 Å². The van der Waals surface area contributed by atoms with Crippen LogP contribution in [0.1, 0.15) is 45.6 Å². The molecule has 0 amide bonds. The maximum Gasteiger partial charge on any atom is 0.197 e. The summed E-state index contributed by atoms with van der Waals surface area (Å²) in [7, 11) is 0. The van der Waals surface area contributed by atoms with Crippen molar-refractivity contribution in [1.82, 2.24) is 0 Å². The van der Waals surface area contributed by atoms with E-state index in [1.165, 1.54) is 16.5 Å². The SMILES string of the molecule is C=C(C)CC(c1ccc(OC(C)OCCOc2cccc3ccccc23)cc1)C(C)C. The molecule has 0 saturated heterocycles. The van der Waals surface area contributed by atoms with E-state index < -0.39 is 0 Å². The highest BCUT2D eigenvalue weighted by molar-refractivity contribution is 5.88. The lowest BCUT2D eigenvalue weighted by molar-refractivity contribution is -0.0738. The summed E-state index contributed by atoms with van der Waals surface area (Å²) in [5.41, 5.74) is 2.54. The number of rotatable bonds is 11. The molecule has 0 N–H and O–H groups in total. The monoisotopic (exact) mass is 418 g/mol. The van der Waals surface area contributed by atoms with Crippen molar-refractivity contribution in [3.8, 4) is 11.5 Å². The molecule has 3 nitrogen and oxygen atoms in total. The molecular formula is C28H34O3. The maximum absolute atomic E-state index is 5.93. The van der Waals surface area contributed by atoms with Crippen molar-refractivity contribution in [2.75, 3.05) is 13.2 Å². The smallest absolute Gasteiger partial charge is 0.197 e. The van der Waals surface area contributed by atoms with Gasteiger partial charge in [-0.15, -0.1) is 6.58 Å². The maximum atomic E-state index is 5.93. The summed E-state index contributed by atoms with van der Waals surface area (Å²) in [6.45, 7) is 13.5. The molecule has 0 aliphatic carbocycles. The Hall–Kier alpha value is -2.78. The second kappa shape index (κ2) is 11.0. The van der Waals surface area contributed by atoms with E-state index in [1.807, 2.05) is 43.3 Å². The summed E-state index contributed by atoms with van der Waals surface area (Å²) in [6.07, 6.45) is 0.659. The first-order chi connectivity index (χ1) is 14.9. The minimum absolute atomic E-state index is 0.349. The van der Waals surface area contributed by atoms with E-state index in [9.17, 15) is 0 Å². The number of allylic oxidation sites excluding steroid dienone is 1. The molecule has 164 valence electrons. The third kappa shape index (κ3) is 6.60. The Morgan fingerprint density at radius 3 is 2.29 bits per heavy atom. The van der Waals surface area contributed by atoms with E-state index in [-0.39, 0.29) is 6.29 Å². The molecule has 3 heteroatoms. The lowest BCUT2D eigenvalue weighted by Gasteiger charge is -2.22. The fraction of sp³-hybridized carbons (Fsp3) is 0.357. The van der Waals surface area contributed by atoms with Crippen molar-refractivity contribution < 1.29 is 14.2 Å². The van der Waals surface area contributed by atoms with Crippen LogP contribution in [0.15, 0.2) is 78.9 Å². The Kier molecular flexibility index (Phi) is 8.13. The first kappa shape index (κ1) is 22.9. The predicted octanol–water partition coefficient (Wildman–Crippen LogP) is 7.37. The van der Waals surface area contributed by atoms with Crippen LogP contribution < -0.4 is 9.47 Å². The number of benzene rings is 3. The minimum Gasteiger partial charge on any atom is -0.491 e. The van der Waals surface area contributed by atoms with Gasteiger partial charge in [0, 0.05) is 5.39 Å². The lowest BCUT2D eigenvalue weighted by Crippen LogP contribution is -2.20. The van der Waals surface area contributed by atoms with Crippen LogP contribution in [0.25, 0.3) is 10.8 Å². The molecule has 3 aromatic carbocycles. The average molecular weight is 419 g/mol. The van der Waals surface area contributed by atoms with E-state index >= 15 is 0 Å². The van der Waals surface area contributed by atoms with Gasteiger partial charge in [0.25, 0.3) is 0 Å². The summed E-state index contributed by atoms with van der Waals surface area (Å²) >= 11 is 0. The van der Waals surface area contributed by atoms with Crippen molar-refractivity contribution >= 4 is 10.8 Å². The van der Waals surface area contributed by atoms with Crippen LogP contribution in [0.3, 0.4) is 0 Å². The van der Waals surface area contributed by atoms with Gasteiger partial charge < -0.3 is 14.2 Å². The summed E-state index contributed by atoms with van der Waals surface area (Å²) in [4.78, 5) is 0. The lowest BCUT2D eigenvalue weighted by atomic mass is 9.84. The van der Waals surface area contributed by atoms with Crippen molar-refractivity contribution in [3.05, 3.63) is 84.4 Å². The molecule has 0 aliphatic rings. The van der Waals surface area contributed by atoms with E-state index in [1.54, 1.807) is 0 Å². The summed E-state index contributed by atoms with van der Waals surface area (Å²) in [5, 5.41) is 2.28. The molecule has 0 aromatic heterocycles. The number of hydrogen-bond donors (Lipinski definition) is 0. The van der Waals surface area contributed by atoms with Crippen LogP contribution in [-0.4, -0.2) is 19.5 Å². The van der Waals surface area contributed by atoms with E-state index in [2.05, 4.69) is 57.7 Å². The molecule has 0 bridgehead atoms. The van der Waals surface area contributed by atoms with Gasteiger partial charge in [-0.2, -0.15) is 0 Å². The first-order valence-electron chi connectivity index (χ1n) is 11.1. The van der Waals surface area contributed by atoms with Crippen LogP contribution in [0.2, 0.25) is 0 Å². The van der Waals surface area contributed by atoms with Crippen LogP contribution >= 0.6 is 0 Å². The predicted molar refractivity (Wildman–Crippen MR) is 129 cm³/mol. The zero-order chi connectivity index (χ0) is 22.2. The van der Waals surface area contributed by atoms with Gasteiger partial charge >= 0.3 is 0 Å². The molecule has 31 heavy (non-hydrogen) atoms. The molecule has 2 unspecified atom stereocenters. The third-order valence-corrected chi connectivity index (χ3v) is 5.43. The Balaban J connectivity index is 1.47. The van der Waals surface area contributed by atoms with Crippen LogP contribution in [0, 0.1) is 5.92 Å². The second-order valence-electron chi connectivity index (χ2n) is 8.46. The van der Waals surface area contributed by atoms with Gasteiger partial charge in [-0.05, 0) is 61.3 Å². The highest BCUT2D eigenvalue weighted by Crippen LogP contribution is 2.31. The molecule has 0 radical (unpaired) electrons. The summed E-state index contributed by atoms with van der Waals surface area (Å²) in [5.74, 6) is 2.73. The number of fused-ring (bicyclic) bond motifs is 1. The Morgan fingerprint density at radius 2 is 1.58 bits per heavy atom. The average Bonchev–Trinajstić information content (AvgIpc) is 2.75. The molecule has 2 atom stereocenters. The Morgan fingerprint density at radius 1 is 0.871 bits per heavy atom. The normalized spacial score (nSPS) is 13.2. The number of ether oxygens (including phenoxy) is 3. The highest BCUT2D eigenvalue weighted by atomic mass is 16.7. The van der Waals surface area contributed by atoms with Gasteiger partial charge in [-0.1, -0.05) is 68.0 Å². The van der Waals surface area contributed by atoms with Gasteiger partial charge in [0.15, 0.2) is 6.29 Å². The quantitative estimate of drug-likeness (QED) is 0.185. The van der Waals surface area contributed by atoms with Crippen molar-refractivity contribution in [2.45, 2.75) is 46.3 Å². The van der Waals surface area contributed by atoms with E-state index in [0.29, 0.717) is 25.0 Å². The van der Waals surface area contributed by atoms with E-state index in [4.69, 9.17) is 14.2 Å². The zero-order valence-corrected chi connectivity index (χ0v) is 19.1. The first-order valence-corrected chi connectivity index (χ1v) is 11.1. The Bertz CT molecular complexity index is 970. The van der Waals surface area contributed by atoms with E-state index in [0.717, 1.165) is 23.3 Å². The molecule has 0 fully saturated rings. The molecule has 0 aliphatic heterocycles. The fourth-order valence-corrected chi connectivity index (χ4v) is 3.82. The Labute approximate surface area is 186 Å².